The third-order valence-electron chi connectivity index (χ3n) is 4.46. The van der Waals surface area contributed by atoms with Gasteiger partial charge >= 0.3 is 5.69 Å². The molecule has 0 radical (unpaired) electrons. The van der Waals surface area contributed by atoms with Crippen LogP contribution in [0.15, 0.2) is 52.4 Å². The van der Waals surface area contributed by atoms with E-state index in [0.717, 1.165) is 17.3 Å². The number of nitrogens with one attached hydrogen (secondary N) is 1. The van der Waals surface area contributed by atoms with E-state index in [1.807, 2.05) is 22.8 Å². The van der Waals surface area contributed by atoms with Crippen LogP contribution in [0.4, 0.5) is 0 Å². The van der Waals surface area contributed by atoms with Gasteiger partial charge in [0.2, 0.25) is 0 Å². The lowest BCUT2D eigenvalue weighted by Crippen LogP contribution is -2.25. The summed E-state index contributed by atoms with van der Waals surface area (Å²) in [4.78, 5) is 12.1. The third-order valence-corrected chi connectivity index (χ3v) is 5.48. The number of aromatic amines is 1. The Morgan fingerprint density at radius 1 is 1.24 bits per heavy atom. The Bertz CT molecular complexity index is 719. The summed E-state index contributed by atoms with van der Waals surface area (Å²) in [5, 5.41) is 7.66. The molecule has 1 saturated carbocycles. The summed E-state index contributed by atoms with van der Waals surface area (Å²) in [6.45, 7) is 0. The summed E-state index contributed by atoms with van der Waals surface area (Å²) < 4.78 is 1.88. The zero-order chi connectivity index (χ0) is 14.2. The standard InChI is InChI=1S/C16H17N3OS/c20-15-17-18-16(21-10-11-4-2-1-3-5-11)19(15)14-9-12-6-7-13(14)8-12/h1-7,12-14H,8-10H2,(H,17,20)/t12-,13+,14+/m0/s1. The molecule has 1 fully saturated rings. The van der Waals surface area contributed by atoms with Gasteiger partial charge in [0.05, 0.1) is 0 Å². The van der Waals surface area contributed by atoms with E-state index in [1.54, 1.807) is 11.8 Å². The summed E-state index contributed by atoms with van der Waals surface area (Å²) in [5.41, 5.74) is 1.17. The minimum atomic E-state index is -0.0727. The second kappa shape index (κ2) is 5.22. The smallest absolute Gasteiger partial charge is 0.266 e. The van der Waals surface area contributed by atoms with Gasteiger partial charge in [0.25, 0.3) is 0 Å². The molecule has 2 aliphatic rings. The number of benzene rings is 1. The molecule has 0 saturated heterocycles. The molecule has 4 nitrogen and oxygen atoms in total. The van der Waals surface area contributed by atoms with Gasteiger partial charge in [-0.25, -0.2) is 9.89 Å². The predicted molar refractivity (Wildman–Crippen MR) is 83.2 cm³/mol. The van der Waals surface area contributed by atoms with Crippen LogP contribution in [0, 0.1) is 11.8 Å². The molecule has 0 aliphatic heterocycles. The van der Waals surface area contributed by atoms with Gasteiger partial charge in [-0.2, -0.15) is 0 Å². The quantitative estimate of drug-likeness (QED) is 0.697. The third kappa shape index (κ3) is 2.35. The number of fused-ring (bicyclic) bond motifs is 2. The summed E-state index contributed by atoms with van der Waals surface area (Å²) >= 11 is 1.63. The van der Waals surface area contributed by atoms with Crippen LogP contribution in [-0.2, 0) is 5.75 Å². The molecule has 2 bridgehead atoms. The lowest BCUT2D eigenvalue weighted by molar-refractivity contribution is 0.396. The van der Waals surface area contributed by atoms with E-state index in [9.17, 15) is 4.79 Å². The monoisotopic (exact) mass is 299 g/mol. The average Bonchev–Trinajstić information content (AvgIpc) is 3.21. The molecule has 1 heterocycles. The highest BCUT2D eigenvalue weighted by Crippen LogP contribution is 2.46. The summed E-state index contributed by atoms with van der Waals surface area (Å²) in [6.07, 6.45) is 6.82. The van der Waals surface area contributed by atoms with Gasteiger partial charge < -0.3 is 0 Å². The van der Waals surface area contributed by atoms with Crippen molar-refractivity contribution < 1.29 is 0 Å². The molecule has 1 aromatic carbocycles. The molecule has 3 atom stereocenters. The van der Waals surface area contributed by atoms with E-state index >= 15 is 0 Å². The molecular formula is C16H17N3OS. The fraction of sp³-hybridized carbons (Fsp3) is 0.375. The van der Waals surface area contributed by atoms with Crippen molar-refractivity contribution >= 4 is 11.8 Å². The Morgan fingerprint density at radius 3 is 2.81 bits per heavy atom. The highest BCUT2D eigenvalue weighted by Gasteiger charge is 2.38. The second-order valence-electron chi connectivity index (χ2n) is 5.80. The Balaban J connectivity index is 1.57. The van der Waals surface area contributed by atoms with E-state index in [0.29, 0.717) is 11.8 Å². The maximum atomic E-state index is 12.1. The first-order chi connectivity index (χ1) is 10.3. The molecule has 0 spiro atoms. The lowest BCUT2D eigenvalue weighted by atomic mass is 10.0. The van der Waals surface area contributed by atoms with Crippen LogP contribution in [0.2, 0.25) is 0 Å². The average molecular weight is 299 g/mol. The minimum absolute atomic E-state index is 0.0727. The Morgan fingerprint density at radius 2 is 2.10 bits per heavy atom. The number of thioether (sulfide) groups is 1. The highest BCUT2D eigenvalue weighted by atomic mass is 32.2. The molecule has 0 unspecified atom stereocenters. The lowest BCUT2D eigenvalue weighted by Gasteiger charge is -2.20. The van der Waals surface area contributed by atoms with Crippen molar-refractivity contribution in [3.63, 3.8) is 0 Å². The van der Waals surface area contributed by atoms with E-state index < -0.39 is 0 Å². The Kier molecular flexibility index (Phi) is 3.22. The van der Waals surface area contributed by atoms with Crippen molar-refractivity contribution in [3.8, 4) is 0 Å². The topological polar surface area (TPSA) is 50.7 Å². The SMILES string of the molecule is O=c1[nH]nc(SCc2ccccc2)n1[C@@H]1C[C@H]2C=C[C@@H]1C2. The Hall–Kier alpha value is -1.75. The molecule has 2 aliphatic carbocycles. The fourth-order valence-electron chi connectivity index (χ4n) is 3.46. The first kappa shape index (κ1) is 13.0. The largest absolute Gasteiger partial charge is 0.344 e. The Labute approximate surface area is 127 Å². The van der Waals surface area contributed by atoms with E-state index in [2.05, 4.69) is 34.5 Å². The van der Waals surface area contributed by atoms with Crippen LogP contribution >= 0.6 is 11.8 Å². The second-order valence-corrected chi connectivity index (χ2v) is 6.75. The van der Waals surface area contributed by atoms with Crippen LogP contribution in [0.25, 0.3) is 0 Å². The molecular weight excluding hydrogens is 282 g/mol. The van der Waals surface area contributed by atoms with E-state index in [-0.39, 0.29) is 11.7 Å². The van der Waals surface area contributed by atoms with Crippen molar-refractivity contribution in [2.45, 2.75) is 29.8 Å². The van der Waals surface area contributed by atoms with Gasteiger partial charge in [-0.05, 0) is 30.2 Å². The number of aromatic nitrogens is 3. The molecule has 1 aromatic heterocycles. The molecule has 108 valence electrons. The van der Waals surface area contributed by atoms with Crippen LogP contribution in [-0.4, -0.2) is 14.8 Å². The maximum Gasteiger partial charge on any atom is 0.344 e. The van der Waals surface area contributed by atoms with Crippen molar-refractivity contribution in [3.05, 3.63) is 58.5 Å². The van der Waals surface area contributed by atoms with Crippen molar-refractivity contribution in [1.82, 2.24) is 14.8 Å². The number of nitrogens with zero attached hydrogens (tertiary/aromatic N) is 2. The fourth-order valence-corrected chi connectivity index (χ4v) is 4.41. The molecule has 1 N–H and O–H groups in total. The van der Waals surface area contributed by atoms with Crippen LogP contribution in [0.3, 0.4) is 0 Å². The highest BCUT2D eigenvalue weighted by molar-refractivity contribution is 7.98. The van der Waals surface area contributed by atoms with Crippen LogP contribution < -0.4 is 5.69 Å². The first-order valence-electron chi connectivity index (χ1n) is 7.33. The zero-order valence-electron chi connectivity index (χ0n) is 11.6. The number of hydrogen-bond donors (Lipinski definition) is 1. The van der Waals surface area contributed by atoms with E-state index in [4.69, 9.17) is 0 Å². The zero-order valence-corrected chi connectivity index (χ0v) is 12.4. The molecule has 2 aromatic rings. The first-order valence-corrected chi connectivity index (χ1v) is 8.32. The van der Waals surface area contributed by atoms with Gasteiger partial charge in [-0.1, -0.05) is 54.2 Å². The molecule has 4 rings (SSSR count). The number of rotatable bonds is 4. The number of hydrogen-bond acceptors (Lipinski definition) is 3. The summed E-state index contributed by atoms with van der Waals surface area (Å²) in [5.74, 6) is 1.98. The van der Waals surface area contributed by atoms with Gasteiger partial charge in [0, 0.05) is 11.8 Å². The predicted octanol–water partition coefficient (Wildman–Crippen LogP) is 3.00. The van der Waals surface area contributed by atoms with E-state index in [1.165, 1.54) is 12.0 Å². The summed E-state index contributed by atoms with van der Waals surface area (Å²) in [7, 11) is 0. The molecule has 0 amide bonds. The van der Waals surface area contributed by atoms with Gasteiger partial charge in [0.15, 0.2) is 5.16 Å². The van der Waals surface area contributed by atoms with Gasteiger partial charge in [-0.3, -0.25) is 4.57 Å². The number of H-pyrrole nitrogens is 1. The van der Waals surface area contributed by atoms with Gasteiger partial charge in [0.1, 0.15) is 0 Å². The van der Waals surface area contributed by atoms with Crippen molar-refractivity contribution in [2.75, 3.05) is 0 Å². The molecule has 21 heavy (non-hydrogen) atoms. The molecule has 5 heteroatoms. The van der Waals surface area contributed by atoms with Crippen molar-refractivity contribution in [2.24, 2.45) is 11.8 Å². The minimum Gasteiger partial charge on any atom is -0.266 e. The van der Waals surface area contributed by atoms with Crippen molar-refractivity contribution in [1.29, 1.82) is 0 Å². The van der Waals surface area contributed by atoms with Crippen LogP contribution in [0.5, 0.6) is 0 Å². The normalized spacial score (nSPS) is 26.6. The number of allylic oxidation sites excluding steroid dienone is 2. The van der Waals surface area contributed by atoms with Gasteiger partial charge in [-0.15, -0.1) is 5.10 Å². The maximum absolute atomic E-state index is 12.1. The van der Waals surface area contributed by atoms with Crippen LogP contribution in [0.1, 0.15) is 24.4 Å². The summed E-state index contributed by atoms with van der Waals surface area (Å²) in [6, 6.07) is 10.6.